The highest BCUT2D eigenvalue weighted by Gasteiger charge is 2.19. The van der Waals surface area contributed by atoms with Crippen LogP contribution in [0, 0.1) is 5.41 Å². The van der Waals surface area contributed by atoms with Crippen molar-refractivity contribution in [1.82, 2.24) is 5.32 Å². The van der Waals surface area contributed by atoms with Gasteiger partial charge in [-0.05, 0) is 11.1 Å². The molecule has 2 aromatic rings. The van der Waals surface area contributed by atoms with Crippen LogP contribution < -0.4 is 11.1 Å². The van der Waals surface area contributed by atoms with Gasteiger partial charge in [-0.2, -0.15) is 0 Å². The molecule has 1 amide bonds. The Morgan fingerprint density at radius 3 is 2.30 bits per heavy atom. The van der Waals surface area contributed by atoms with E-state index in [2.05, 4.69) is 5.32 Å². The van der Waals surface area contributed by atoms with Crippen molar-refractivity contribution in [2.75, 3.05) is 7.11 Å². The van der Waals surface area contributed by atoms with Gasteiger partial charge in [0.15, 0.2) is 6.10 Å². The molecule has 0 aliphatic heterocycles. The molecular weight excluding hydrogens is 314 g/mol. The monoisotopic (exact) mass is 333 g/mol. The van der Waals surface area contributed by atoms with Crippen molar-refractivity contribution in [2.24, 2.45) is 5.73 Å². The number of nitrogens with one attached hydrogen (secondary N) is 2. The lowest BCUT2D eigenvalue weighted by Crippen LogP contribution is -2.30. The fourth-order valence-electron chi connectivity index (χ4n) is 2.11. The third-order valence-corrected chi connectivity index (χ3v) is 3.31. The van der Waals surface area contributed by atoms with Gasteiger partial charge in [0.2, 0.25) is 0 Å². The van der Waals surface area contributed by atoms with E-state index >= 15 is 0 Å². The normalized spacial score (nSPS) is 11.2. The summed E-state index contributed by atoms with van der Waals surface area (Å²) in [6.45, 7) is 0.393. The molecule has 0 bridgehead atoms. The highest BCUT2D eigenvalue weighted by atomic mass is 35.5. The summed E-state index contributed by atoms with van der Waals surface area (Å²) >= 11 is 0. The number of ether oxygens (including phenoxy) is 1. The summed E-state index contributed by atoms with van der Waals surface area (Å²) in [5.41, 5.74) is 7.81. The maximum Gasteiger partial charge on any atom is 0.254 e. The Labute approximate surface area is 141 Å². The summed E-state index contributed by atoms with van der Waals surface area (Å²) in [6.07, 6.45) is -0.627. The molecule has 0 heterocycles. The Hall–Kier alpha value is -2.37. The predicted molar refractivity (Wildman–Crippen MR) is 92.7 cm³/mol. The maximum absolute atomic E-state index is 12.2. The highest BCUT2D eigenvalue weighted by Crippen LogP contribution is 2.16. The molecule has 6 heteroatoms. The molecule has 0 saturated carbocycles. The first-order valence-electron chi connectivity index (χ1n) is 6.90. The number of benzene rings is 2. The molecule has 23 heavy (non-hydrogen) atoms. The number of carbonyl (C=O) groups is 1. The molecule has 2 aromatic carbocycles. The van der Waals surface area contributed by atoms with E-state index in [9.17, 15) is 4.79 Å². The molecule has 4 N–H and O–H groups in total. The maximum atomic E-state index is 12.2. The highest BCUT2D eigenvalue weighted by molar-refractivity contribution is 5.94. The summed E-state index contributed by atoms with van der Waals surface area (Å²) in [5.74, 6) is -0.163. The molecule has 0 aromatic heterocycles. The Kier molecular flexibility index (Phi) is 7.25. The van der Waals surface area contributed by atoms with Crippen LogP contribution in [0.1, 0.15) is 22.8 Å². The van der Waals surface area contributed by atoms with Crippen LogP contribution in [0.25, 0.3) is 0 Å². The van der Waals surface area contributed by atoms with Crippen molar-refractivity contribution in [3.05, 3.63) is 71.3 Å². The van der Waals surface area contributed by atoms with Crippen molar-refractivity contribution >= 4 is 24.1 Å². The van der Waals surface area contributed by atoms with Gasteiger partial charge < -0.3 is 15.8 Å². The van der Waals surface area contributed by atoms with Gasteiger partial charge in [-0.25, -0.2) is 0 Å². The zero-order valence-electron chi connectivity index (χ0n) is 12.8. The van der Waals surface area contributed by atoms with E-state index in [4.69, 9.17) is 15.9 Å². The van der Waals surface area contributed by atoms with Gasteiger partial charge in [-0.15, -0.1) is 12.4 Å². The van der Waals surface area contributed by atoms with Gasteiger partial charge in [0, 0.05) is 19.2 Å². The van der Waals surface area contributed by atoms with Crippen molar-refractivity contribution in [2.45, 2.75) is 12.6 Å². The van der Waals surface area contributed by atoms with Crippen LogP contribution in [0.3, 0.4) is 0 Å². The number of halogens is 1. The van der Waals surface area contributed by atoms with E-state index in [1.807, 2.05) is 42.5 Å². The minimum Gasteiger partial charge on any atom is -0.384 e. The fraction of sp³-hybridized carbons (Fsp3) is 0.176. The van der Waals surface area contributed by atoms with E-state index < -0.39 is 6.10 Å². The average molecular weight is 334 g/mol. The summed E-state index contributed by atoms with van der Waals surface area (Å²) < 4.78 is 5.28. The quantitative estimate of drug-likeness (QED) is 0.560. The topological polar surface area (TPSA) is 88.2 Å². The molecule has 0 fully saturated rings. The third-order valence-electron chi connectivity index (χ3n) is 3.31. The molecule has 122 valence electrons. The smallest absolute Gasteiger partial charge is 0.254 e. The Morgan fingerprint density at radius 2 is 1.78 bits per heavy atom. The number of rotatable bonds is 6. The second-order valence-electron chi connectivity index (χ2n) is 4.85. The van der Waals surface area contributed by atoms with Crippen molar-refractivity contribution < 1.29 is 9.53 Å². The number of methoxy groups -OCH3 is 1. The first-order valence-corrected chi connectivity index (χ1v) is 6.90. The standard InChI is InChI=1S/C17H19N3O2.ClH/c1-22-15(13-5-3-2-4-6-13)17(21)20-11-12-7-9-14(10-8-12)16(18)19;/h2-10,15H,11H2,1H3,(H3,18,19)(H,20,21);1H/t15-;/m0./s1. The van der Waals surface area contributed by atoms with E-state index in [1.165, 1.54) is 7.11 Å². The van der Waals surface area contributed by atoms with Crippen molar-refractivity contribution in [3.8, 4) is 0 Å². The molecule has 2 rings (SSSR count). The number of hydrogen-bond donors (Lipinski definition) is 3. The fourth-order valence-corrected chi connectivity index (χ4v) is 2.11. The lowest BCUT2D eigenvalue weighted by atomic mass is 10.1. The lowest BCUT2D eigenvalue weighted by molar-refractivity contribution is -0.131. The van der Waals surface area contributed by atoms with Crippen LogP contribution in [0.15, 0.2) is 54.6 Å². The Balaban J connectivity index is 0.00000264. The van der Waals surface area contributed by atoms with Crippen molar-refractivity contribution in [3.63, 3.8) is 0 Å². The molecule has 0 aliphatic rings. The molecule has 1 atom stereocenters. The van der Waals surface area contributed by atoms with Gasteiger partial charge in [0.25, 0.3) is 5.91 Å². The Morgan fingerprint density at radius 1 is 1.17 bits per heavy atom. The van der Waals surface area contributed by atoms with Crippen molar-refractivity contribution in [1.29, 1.82) is 5.41 Å². The number of amides is 1. The number of nitrogens with two attached hydrogens (primary N) is 1. The molecule has 0 saturated heterocycles. The Bertz CT molecular complexity index is 645. The van der Waals surface area contributed by atoms with E-state index in [-0.39, 0.29) is 24.1 Å². The lowest BCUT2D eigenvalue weighted by Gasteiger charge is -2.15. The van der Waals surface area contributed by atoms with E-state index in [0.29, 0.717) is 12.1 Å². The van der Waals surface area contributed by atoms with Crippen LogP contribution in [0.4, 0.5) is 0 Å². The first kappa shape index (κ1) is 18.7. The van der Waals surface area contributed by atoms with Gasteiger partial charge in [-0.3, -0.25) is 10.2 Å². The largest absolute Gasteiger partial charge is 0.384 e. The van der Waals surface area contributed by atoms with E-state index in [0.717, 1.165) is 11.1 Å². The van der Waals surface area contributed by atoms with Crippen LogP contribution in [0.5, 0.6) is 0 Å². The van der Waals surface area contributed by atoms with Gasteiger partial charge in [0.05, 0.1) is 0 Å². The zero-order chi connectivity index (χ0) is 15.9. The second-order valence-corrected chi connectivity index (χ2v) is 4.85. The minimum absolute atomic E-state index is 0. The molecule has 0 unspecified atom stereocenters. The van der Waals surface area contributed by atoms with E-state index in [1.54, 1.807) is 12.1 Å². The molecular formula is C17H20ClN3O2. The van der Waals surface area contributed by atoms with Gasteiger partial charge in [-0.1, -0.05) is 54.6 Å². The molecule has 5 nitrogen and oxygen atoms in total. The SMILES string of the molecule is CO[C@H](C(=O)NCc1ccc(C(=N)N)cc1)c1ccccc1.Cl. The van der Waals surface area contributed by atoms with Gasteiger partial charge >= 0.3 is 0 Å². The zero-order valence-corrected chi connectivity index (χ0v) is 13.6. The number of amidine groups is 1. The summed E-state index contributed by atoms with van der Waals surface area (Å²) in [5, 5.41) is 10.2. The molecule has 0 aliphatic carbocycles. The average Bonchev–Trinajstić information content (AvgIpc) is 2.55. The van der Waals surface area contributed by atoms with Crippen LogP contribution in [-0.4, -0.2) is 18.9 Å². The number of hydrogen-bond acceptors (Lipinski definition) is 3. The van der Waals surface area contributed by atoms with Crippen LogP contribution in [-0.2, 0) is 16.1 Å². The first-order chi connectivity index (χ1) is 10.6. The number of carbonyl (C=O) groups excluding carboxylic acids is 1. The predicted octanol–water partition coefficient (Wildman–Crippen LogP) is 2.40. The summed E-state index contributed by atoms with van der Waals surface area (Å²) in [6, 6.07) is 16.5. The third kappa shape index (κ3) is 5.09. The van der Waals surface area contributed by atoms with Gasteiger partial charge in [0.1, 0.15) is 5.84 Å². The van der Waals surface area contributed by atoms with Crippen LogP contribution >= 0.6 is 12.4 Å². The molecule has 0 spiro atoms. The number of nitrogen functional groups attached to an aromatic ring is 1. The summed E-state index contributed by atoms with van der Waals surface area (Å²) in [4.78, 5) is 12.2. The second kappa shape index (κ2) is 8.92. The summed E-state index contributed by atoms with van der Waals surface area (Å²) in [7, 11) is 1.51. The minimum atomic E-state index is -0.627. The molecule has 0 radical (unpaired) electrons. The van der Waals surface area contributed by atoms with Crippen LogP contribution in [0.2, 0.25) is 0 Å².